The number of nitrogens with zero attached hydrogens (tertiary/aromatic N) is 4. The van der Waals surface area contributed by atoms with Crippen molar-refractivity contribution in [1.82, 2.24) is 25.2 Å². The summed E-state index contributed by atoms with van der Waals surface area (Å²) >= 11 is 0. The number of piperidine rings is 1. The lowest BCUT2D eigenvalue weighted by Gasteiger charge is -2.35. The summed E-state index contributed by atoms with van der Waals surface area (Å²) in [4.78, 5) is 25.4. The maximum atomic E-state index is 13.3. The predicted octanol–water partition coefficient (Wildman–Crippen LogP) is 1.64. The van der Waals surface area contributed by atoms with Gasteiger partial charge in [0.25, 0.3) is 5.91 Å². The molecular formula is C17H27FN6O2. The van der Waals surface area contributed by atoms with Crippen LogP contribution in [0.15, 0.2) is 6.20 Å². The lowest BCUT2D eigenvalue weighted by molar-refractivity contribution is 0.0995. The molecule has 1 aliphatic heterocycles. The highest BCUT2D eigenvalue weighted by Gasteiger charge is 2.29. The van der Waals surface area contributed by atoms with Crippen molar-refractivity contribution in [3.05, 3.63) is 11.9 Å². The van der Waals surface area contributed by atoms with Crippen molar-refractivity contribution in [3.63, 3.8) is 0 Å². The average molecular weight is 366 g/mol. The number of urea groups is 1. The minimum atomic E-state index is -0.681. The third kappa shape index (κ3) is 4.31. The van der Waals surface area contributed by atoms with Crippen molar-refractivity contribution >= 4 is 11.9 Å². The zero-order valence-electron chi connectivity index (χ0n) is 15.1. The molecule has 3 N–H and O–H groups in total. The fourth-order valence-electron chi connectivity index (χ4n) is 3.88. The second-order valence-electron chi connectivity index (χ2n) is 7.42. The van der Waals surface area contributed by atoms with E-state index < -0.39 is 12.1 Å². The second-order valence-corrected chi connectivity index (χ2v) is 7.42. The van der Waals surface area contributed by atoms with Crippen molar-refractivity contribution in [3.8, 4) is 0 Å². The Morgan fingerprint density at radius 1 is 1.23 bits per heavy atom. The van der Waals surface area contributed by atoms with Gasteiger partial charge in [0.1, 0.15) is 6.17 Å². The molecule has 0 aromatic carbocycles. The summed E-state index contributed by atoms with van der Waals surface area (Å²) in [6.07, 6.45) is 5.24. The highest BCUT2D eigenvalue weighted by molar-refractivity contribution is 5.90. The summed E-state index contributed by atoms with van der Waals surface area (Å²) < 4.78 is 14.9. The number of aromatic nitrogens is 3. The van der Waals surface area contributed by atoms with Gasteiger partial charge in [0.2, 0.25) is 0 Å². The Kier molecular flexibility index (Phi) is 5.73. The molecule has 8 nitrogen and oxygen atoms in total. The first kappa shape index (κ1) is 18.6. The van der Waals surface area contributed by atoms with Crippen LogP contribution in [0.5, 0.6) is 0 Å². The zero-order chi connectivity index (χ0) is 18.7. The summed E-state index contributed by atoms with van der Waals surface area (Å²) in [6.45, 7) is 3.24. The van der Waals surface area contributed by atoms with Crippen LogP contribution in [-0.2, 0) is 0 Å². The Labute approximate surface area is 152 Å². The monoisotopic (exact) mass is 366 g/mol. The second kappa shape index (κ2) is 8.01. The van der Waals surface area contributed by atoms with Crippen LogP contribution in [0, 0.1) is 5.92 Å². The first-order valence-electron chi connectivity index (χ1n) is 9.35. The molecule has 2 heterocycles. The molecule has 1 aromatic rings. The molecule has 3 rings (SSSR count). The van der Waals surface area contributed by atoms with Crippen molar-refractivity contribution in [2.75, 3.05) is 13.1 Å². The van der Waals surface area contributed by atoms with Crippen LogP contribution < -0.4 is 11.1 Å². The Balaban J connectivity index is 1.46. The Morgan fingerprint density at radius 2 is 1.88 bits per heavy atom. The van der Waals surface area contributed by atoms with Crippen LogP contribution >= 0.6 is 0 Å². The van der Waals surface area contributed by atoms with Crippen LogP contribution in [0.1, 0.15) is 62.0 Å². The number of halogens is 1. The third-order valence-corrected chi connectivity index (χ3v) is 5.65. The van der Waals surface area contributed by atoms with E-state index in [0.29, 0.717) is 31.8 Å². The van der Waals surface area contributed by atoms with Crippen LogP contribution in [-0.4, -0.2) is 57.1 Å². The minimum Gasteiger partial charge on any atom is -0.364 e. The largest absolute Gasteiger partial charge is 0.364 e. The number of carbonyl (C=O) groups is 2. The molecule has 2 fully saturated rings. The SMILES string of the molecule is CC(NC(=O)N1CCC(n2cc(C(N)=O)nn2)CC1)C1CCC(F)CC1. The van der Waals surface area contributed by atoms with E-state index in [4.69, 9.17) is 5.73 Å². The van der Waals surface area contributed by atoms with E-state index in [1.54, 1.807) is 15.8 Å². The molecule has 1 saturated carbocycles. The van der Waals surface area contributed by atoms with Crippen LogP contribution in [0.2, 0.25) is 0 Å². The number of primary amides is 1. The van der Waals surface area contributed by atoms with Crippen molar-refractivity contribution in [2.45, 2.75) is 63.7 Å². The van der Waals surface area contributed by atoms with E-state index in [9.17, 15) is 14.0 Å². The highest BCUT2D eigenvalue weighted by atomic mass is 19.1. The number of nitrogens with one attached hydrogen (secondary N) is 1. The van der Waals surface area contributed by atoms with Gasteiger partial charge in [-0.15, -0.1) is 5.10 Å². The van der Waals surface area contributed by atoms with E-state index in [-0.39, 0.29) is 23.8 Å². The number of alkyl halides is 1. The number of likely N-dealkylation sites (tertiary alicyclic amines) is 1. The number of amides is 3. The summed E-state index contributed by atoms with van der Waals surface area (Å²) in [5.41, 5.74) is 5.35. The first-order valence-corrected chi connectivity index (χ1v) is 9.35. The van der Waals surface area contributed by atoms with Gasteiger partial charge in [0, 0.05) is 19.1 Å². The standard InChI is InChI=1S/C17H27FN6O2/c1-11(12-2-4-13(18)5-3-12)20-17(26)23-8-6-14(7-9-23)24-10-15(16(19)25)21-22-24/h10-14H,2-9H2,1H3,(H2,19,25)(H,20,26). The van der Waals surface area contributed by atoms with Crippen LogP contribution in [0.25, 0.3) is 0 Å². The summed E-state index contributed by atoms with van der Waals surface area (Å²) in [5, 5.41) is 10.8. The van der Waals surface area contributed by atoms with Crippen molar-refractivity contribution in [1.29, 1.82) is 0 Å². The molecule has 144 valence electrons. The molecule has 1 unspecified atom stereocenters. The molecule has 26 heavy (non-hydrogen) atoms. The van der Waals surface area contributed by atoms with Gasteiger partial charge in [0.05, 0.1) is 12.2 Å². The quantitative estimate of drug-likeness (QED) is 0.845. The molecule has 0 spiro atoms. The Bertz CT molecular complexity index is 635. The predicted molar refractivity (Wildman–Crippen MR) is 93.2 cm³/mol. The van der Waals surface area contributed by atoms with Crippen LogP contribution in [0.3, 0.4) is 0 Å². The molecule has 1 aliphatic carbocycles. The van der Waals surface area contributed by atoms with Gasteiger partial charge in [-0.3, -0.25) is 4.79 Å². The number of rotatable bonds is 4. The summed E-state index contributed by atoms with van der Waals surface area (Å²) in [6, 6.07) is 0.104. The van der Waals surface area contributed by atoms with E-state index in [0.717, 1.165) is 25.7 Å². The third-order valence-electron chi connectivity index (χ3n) is 5.65. The molecule has 2 aliphatic rings. The topological polar surface area (TPSA) is 106 Å². The lowest BCUT2D eigenvalue weighted by atomic mass is 9.84. The van der Waals surface area contributed by atoms with E-state index in [1.807, 2.05) is 6.92 Å². The first-order chi connectivity index (χ1) is 12.4. The molecule has 0 radical (unpaired) electrons. The molecule has 1 aromatic heterocycles. The van der Waals surface area contributed by atoms with Crippen LogP contribution in [0.4, 0.5) is 9.18 Å². The van der Waals surface area contributed by atoms with E-state index in [2.05, 4.69) is 15.6 Å². The Morgan fingerprint density at radius 3 is 2.46 bits per heavy atom. The summed E-state index contributed by atoms with van der Waals surface area (Å²) in [5.74, 6) is -0.241. The van der Waals surface area contributed by atoms with Gasteiger partial charge in [-0.25, -0.2) is 13.9 Å². The highest BCUT2D eigenvalue weighted by Crippen LogP contribution is 2.29. The smallest absolute Gasteiger partial charge is 0.317 e. The number of hydrogen-bond donors (Lipinski definition) is 2. The fraction of sp³-hybridized carbons (Fsp3) is 0.765. The number of carbonyl (C=O) groups excluding carboxylic acids is 2. The fourth-order valence-corrected chi connectivity index (χ4v) is 3.88. The van der Waals surface area contributed by atoms with Gasteiger partial charge in [0.15, 0.2) is 5.69 Å². The molecule has 1 atom stereocenters. The Hall–Kier alpha value is -2.19. The van der Waals surface area contributed by atoms with Crippen molar-refractivity contribution in [2.24, 2.45) is 11.7 Å². The molecule has 0 bridgehead atoms. The molecule has 1 saturated heterocycles. The van der Waals surface area contributed by atoms with Gasteiger partial charge in [-0.05, 0) is 51.4 Å². The maximum absolute atomic E-state index is 13.3. The minimum absolute atomic E-state index is 0.0566. The van der Waals surface area contributed by atoms with E-state index >= 15 is 0 Å². The number of hydrogen-bond acceptors (Lipinski definition) is 4. The molecule has 3 amide bonds. The normalized spacial score (nSPS) is 25.7. The van der Waals surface area contributed by atoms with Gasteiger partial charge in [-0.2, -0.15) is 0 Å². The maximum Gasteiger partial charge on any atom is 0.317 e. The molecule has 9 heteroatoms. The molecular weight excluding hydrogens is 339 g/mol. The average Bonchev–Trinajstić information content (AvgIpc) is 3.13. The van der Waals surface area contributed by atoms with Crippen molar-refractivity contribution < 1.29 is 14.0 Å². The van der Waals surface area contributed by atoms with Gasteiger partial charge < -0.3 is 16.0 Å². The van der Waals surface area contributed by atoms with Gasteiger partial charge in [-0.1, -0.05) is 5.21 Å². The lowest BCUT2D eigenvalue weighted by Crippen LogP contribution is -2.49. The zero-order valence-corrected chi connectivity index (χ0v) is 15.1. The van der Waals surface area contributed by atoms with E-state index in [1.165, 1.54) is 0 Å². The summed E-state index contributed by atoms with van der Waals surface area (Å²) in [7, 11) is 0. The number of nitrogens with two attached hydrogens (primary N) is 1. The van der Waals surface area contributed by atoms with Gasteiger partial charge >= 0.3 is 6.03 Å².